The summed E-state index contributed by atoms with van der Waals surface area (Å²) in [5.41, 5.74) is 1.07. The lowest BCUT2D eigenvalue weighted by Gasteiger charge is -2.39. The van der Waals surface area contributed by atoms with Gasteiger partial charge in [-0.15, -0.1) is 0 Å². The number of furan rings is 1. The average molecular weight is 475 g/mol. The van der Waals surface area contributed by atoms with E-state index in [2.05, 4.69) is 16.5 Å². The molecule has 1 atom stereocenters. The van der Waals surface area contributed by atoms with E-state index in [1.165, 1.54) is 12.3 Å². The van der Waals surface area contributed by atoms with Gasteiger partial charge in [0.1, 0.15) is 17.9 Å². The van der Waals surface area contributed by atoms with E-state index in [0.717, 1.165) is 5.56 Å². The van der Waals surface area contributed by atoms with Crippen LogP contribution in [0.5, 0.6) is 0 Å². The number of hydrogen-bond donors (Lipinski definition) is 0. The number of carbonyl (C=O) groups excluding carboxylic acids is 3. The topological polar surface area (TPSA) is 106 Å². The first-order valence-corrected chi connectivity index (χ1v) is 11.3. The summed E-state index contributed by atoms with van der Waals surface area (Å²) >= 11 is 0. The number of aryl methyl sites for hydroxylation is 1. The number of carbonyl (C=O) groups is 3. The Hall–Kier alpha value is -4.27. The average Bonchev–Trinajstić information content (AvgIpc) is 3.41. The highest BCUT2D eigenvalue weighted by molar-refractivity contribution is 6.05. The van der Waals surface area contributed by atoms with E-state index in [0.29, 0.717) is 18.1 Å². The molecule has 180 valence electrons. The first kappa shape index (κ1) is 23.9. The van der Waals surface area contributed by atoms with Crippen LogP contribution in [-0.4, -0.2) is 69.8 Å². The molecule has 0 aliphatic carbocycles. The molecule has 1 fully saturated rings. The van der Waals surface area contributed by atoms with Gasteiger partial charge in [0.2, 0.25) is 0 Å². The minimum Gasteiger partial charge on any atom is -0.459 e. The molecule has 2 aromatic heterocycles. The highest BCUT2D eigenvalue weighted by Gasteiger charge is 2.34. The summed E-state index contributed by atoms with van der Waals surface area (Å²) in [6, 6.07) is 12.2. The molecule has 0 N–H and O–H groups in total. The maximum absolute atomic E-state index is 13.7. The SMILES string of the molecule is C=CCOC(=O)c1c(C)nc(-c2ccccc2)nc1C(=O)N1CCN(C(=O)c2ccco2)C(C)C1. The highest BCUT2D eigenvalue weighted by atomic mass is 16.5. The smallest absolute Gasteiger partial charge is 0.342 e. The Balaban J connectivity index is 1.64. The molecule has 9 nitrogen and oxygen atoms in total. The standard InChI is InChI=1S/C26H26N4O5/c1-4-14-35-26(33)21-18(3)27-23(19-9-6-5-7-10-19)28-22(21)25(32)29-12-13-30(17(2)16-29)24(31)20-11-8-15-34-20/h4-11,15,17H,1,12-14,16H2,2-3H3. The third-order valence-electron chi connectivity index (χ3n) is 5.77. The molecular weight excluding hydrogens is 448 g/mol. The third-order valence-corrected chi connectivity index (χ3v) is 5.77. The van der Waals surface area contributed by atoms with Crippen molar-refractivity contribution in [2.75, 3.05) is 26.2 Å². The number of piperazine rings is 1. The molecule has 3 heterocycles. The maximum Gasteiger partial charge on any atom is 0.342 e. The van der Waals surface area contributed by atoms with Crippen LogP contribution in [0, 0.1) is 6.92 Å². The number of hydrogen-bond acceptors (Lipinski definition) is 7. The van der Waals surface area contributed by atoms with Crippen molar-refractivity contribution in [3.05, 3.63) is 84.1 Å². The van der Waals surface area contributed by atoms with Crippen molar-refractivity contribution in [2.45, 2.75) is 19.9 Å². The van der Waals surface area contributed by atoms with Gasteiger partial charge in [-0.25, -0.2) is 14.8 Å². The van der Waals surface area contributed by atoms with Crippen LogP contribution in [0.25, 0.3) is 11.4 Å². The zero-order valence-electron chi connectivity index (χ0n) is 19.6. The molecule has 0 radical (unpaired) electrons. The minimum absolute atomic E-state index is 0.00304. The zero-order valence-corrected chi connectivity index (χ0v) is 19.6. The Morgan fingerprint density at radius 2 is 1.89 bits per heavy atom. The monoisotopic (exact) mass is 474 g/mol. The van der Waals surface area contributed by atoms with E-state index in [-0.39, 0.29) is 48.7 Å². The lowest BCUT2D eigenvalue weighted by molar-refractivity contribution is 0.0389. The molecule has 1 unspecified atom stereocenters. The van der Waals surface area contributed by atoms with Crippen molar-refractivity contribution in [1.29, 1.82) is 0 Å². The van der Waals surface area contributed by atoms with Crippen molar-refractivity contribution >= 4 is 17.8 Å². The first-order chi connectivity index (χ1) is 16.9. The first-order valence-electron chi connectivity index (χ1n) is 11.3. The largest absolute Gasteiger partial charge is 0.459 e. The van der Waals surface area contributed by atoms with Gasteiger partial charge in [-0.3, -0.25) is 9.59 Å². The predicted molar refractivity (Wildman–Crippen MR) is 128 cm³/mol. The summed E-state index contributed by atoms with van der Waals surface area (Å²) in [6.45, 7) is 7.94. The summed E-state index contributed by atoms with van der Waals surface area (Å²) < 4.78 is 10.5. The van der Waals surface area contributed by atoms with E-state index < -0.39 is 11.9 Å². The van der Waals surface area contributed by atoms with E-state index >= 15 is 0 Å². The van der Waals surface area contributed by atoms with E-state index in [4.69, 9.17) is 9.15 Å². The van der Waals surface area contributed by atoms with E-state index in [9.17, 15) is 14.4 Å². The molecule has 0 bridgehead atoms. The van der Waals surface area contributed by atoms with Crippen LogP contribution in [0.4, 0.5) is 0 Å². The van der Waals surface area contributed by atoms with E-state index in [1.54, 1.807) is 28.9 Å². The molecule has 0 spiro atoms. The van der Waals surface area contributed by atoms with Crippen LogP contribution in [0.3, 0.4) is 0 Å². The fourth-order valence-electron chi connectivity index (χ4n) is 4.03. The number of esters is 1. The van der Waals surface area contributed by atoms with Gasteiger partial charge >= 0.3 is 5.97 Å². The Morgan fingerprint density at radius 3 is 2.54 bits per heavy atom. The van der Waals surface area contributed by atoms with Crippen molar-refractivity contribution in [2.24, 2.45) is 0 Å². The second kappa shape index (κ2) is 10.3. The van der Waals surface area contributed by atoms with Crippen LogP contribution >= 0.6 is 0 Å². The van der Waals surface area contributed by atoms with Gasteiger partial charge in [0.05, 0.1) is 12.0 Å². The summed E-state index contributed by atoms with van der Waals surface area (Å²) in [7, 11) is 0. The number of benzene rings is 1. The molecule has 1 saturated heterocycles. The fourth-order valence-corrected chi connectivity index (χ4v) is 4.03. The number of ether oxygens (including phenoxy) is 1. The van der Waals surface area contributed by atoms with Crippen molar-refractivity contribution in [1.82, 2.24) is 19.8 Å². The summed E-state index contributed by atoms with van der Waals surface area (Å²) in [6.07, 6.45) is 2.90. The summed E-state index contributed by atoms with van der Waals surface area (Å²) in [5.74, 6) is -0.748. The molecule has 2 amide bonds. The quantitative estimate of drug-likeness (QED) is 0.398. The highest BCUT2D eigenvalue weighted by Crippen LogP contribution is 2.23. The van der Waals surface area contributed by atoms with Gasteiger partial charge in [-0.05, 0) is 26.0 Å². The second-order valence-corrected chi connectivity index (χ2v) is 8.19. The van der Waals surface area contributed by atoms with Gasteiger partial charge in [-0.1, -0.05) is 43.0 Å². The molecule has 1 aliphatic rings. The van der Waals surface area contributed by atoms with Gasteiger partial charge in [-0.2, -0.15) is 0 Å². The molecule has 9 heteroatoms. The van der Waals surface area contributed by atoms with Gasteiger partial charge in [0.15, 0.2) is 11.6 Å². The fraction of sp³-hybridized carbons (Fsp3) is 0.269. The molecule has 4 rings (SSSR count). The molecule has 0 saturated carbocycles. The molecular formula is C26H26N4O5. The Bertz CT molecular complexity index is 1240. The zero-order chi connectivity index (χ0) is 24.9. The van der Waals surface area contributed by atoms with Crippen LogP contribution in [0.2, 0.25) is 0 Å². The van der Waals surface area contributed by atoms with Crippen molar-refractivity contribution in [3.8, 4) is 11.4 Å². The number of amides is 2. The predicted octanol–water partition coefficient (Wildman–Crippen LogP) is 3.37. The molecule has 3 aromatic rings. The van der Waals surface area contributed by atoms with Crippen LogP contribution in [-0.2, 0) is 4.74 Å². The van der Waals surface area contributed by atoms with Crippen LogP contribution in [0.1, 0.15) is 44.0 Å². The van der Waals surface area contributed by atoms with Crippen molar-refractivity contribution < 1.29 is 23.5 Å². The number of nitrogens with zero attached hydrogens (tertiary/aromatic N) is 4. The lowest BCUT2D eigenvalue weighted by atomic mass is 10.1. The van der Waals surface area contributed by atoms with Crippen LogP contribution < -0.4 is 0 Å². The normalized spacial score (nSPS) is 15.5. The lowest BCUT2D eigenvalue weighted by Crippen LogP contribution is -2.55. The summed E-state index contributed by atoms with van der Waals surface area (Å²) in [5, 5.41) is 0. The van der Waals surface area contributed by atoms with Gasteiger partial charge in [0, 0.05) is 31.2 Å². The van der Waals surface area contributed by atoms with E-state index in [1.807, 2.05) is 37.3 Å². The Morgan fingerprint density at radius 1 is 1.11 bits per heavy atom. The molecule has 1 aliphatic heterocycles. The second-order valence-electron chi connectivity index (χ2n) is 8.19. The third kappa shape index (κ3) is 4.98. The minimum atomic E-state index is -0.690. The summed E-state index contributed by atoms with van der Waals surface area (Å²) in [4.78, 5) is 51.5. The number of aromatic nitrogens is 2. The van der Waals surface area contributed by atoms with Gasteiger partial charge in [0.25, 0.3) is 11.8 Å². The van der Waals surface area contributed by atoms with Crippen molar-refractivity contribution in [3.63, 3.8) is 0 Å². The van der Waals surface area contributed by atoms with Crippen LogP contribution in [0.15, 0.2) is 65.8 Å². The number of rotatable bonds is 6. The maximum atomic E-state index is 13.7. The molecule has 1 aromatic carbocycles. The Kier molecular flexibility index (Phi) is 7.05. The Labute approximate surface area is 203 Å². The molecule has 35 heavy (non-hydrogen) atoms. The van der Waals surface area contributed by atoms with Gasteiger partial charge < -0.3 is 19.0 Å².